The van der Waals surface area contributed by atoms with Gasteiger partial charge in [0.1, 0.15) is 12.4 Å². The van der Waals surface area contributed by atoms with Gasteiger partial charge >= 0.3 is 0 Å². The van der Waals surface area contributed by atoms with Crippen LogP contribution in [0.1, 0.15) is 32.8 Å². The van der Waals surface area contributed by atoms with Crippen LogP contribution in [0.15, 0.2) is 18.2 Å². The van der Waals surface area contributed by atoms with Crippen molar-refractivity contribution in [2.24, 2.45) is 5.92 Å². The molecule has 0 amide bonds. The lowest BCUT2D eigenvalue weighted by Gasteiger charge is -2.28. The third-order valence-corrected chi connectivity index (χ3v) is 3.75. The minimum absolute atomic E-state index is 0.590. The Kier molecular flexibility index (Phi) is 4.70. The largest absolute Gasteiger partial charge is 0.489 e. The topological polar surface area (TPSA) is 24.5 Å². The number of fused-ring (bicyclic) bond motifs is 1. The Bertz CT molecular complexity index is 417. The molecule has 3 nitrogen and oxygen atoms in total. The summed E-state index contributed by atoms with van der Waals surface area (Å²) in [6, 6.07) is 6.96. The summed E-state index contributed by atoms with van der Waals surface area (Å²) in [5, 5.41) is 3.39. The highest BCUT2D eigenvalue weighted by molar-refractivity contribution is 5.61. The van der Waals surface area contributed by atoms with Crippen LogP contribution in [0.4, 0.5) is 5.69 Å². The van der Waals surface area contributed by atoms with Crippen LogP contribution < -0.4 is 10.1 Å². The van der Waals surface area contributed by atoms with Crippen molar-refractivity contribution in [2.45, 2.75) is 39.8 Å². The number of rotatable bonds is 5. The second kappa shape index (κ2) is 6.29. The molecule has 1 unspecified atom stereocenters. The number of hydrogen-bond donors (Lipinski definition) is 1. The molecule has 106 valence electrons. The van der Waals surface area contributed by atoms with Gasteiger partial charge in [0, 0.05) is 24.7 Å². The monoisotopic (exact) mass is 262 g/mol. The zero-order chi connectivity index (χ0) is 13.8. The van der Waals surface area contributed by atoms with E-state index in [9.17, 15) is 0 Å². The summed E-state index contributed by atoms with van der Waals surface area (Å²) in [6.07, 6.45) is 1.23. The maximum absolute atomic E-state index is 5.83. The number of para-hydroxylation sites is 1. The van der Waals surface area contributed by atoms with E-state index in [-0.39, 0.29) is 0 Å². The van der Waals surface area contributed by atoms with E-state index >= 15 is 0 Å². The summed E-state index contributed by atoms with van der Waals surface area (Å²) in [7, 11) is 2.20. The normalized spacial score (nSPS) is 15.9. The fourth-order valence-electron chi connectivity index (χ4n) is 2.64. The van der Waals surface area contributed by atoms with Gasteiger partial charge in [-0.3, -0.25) is 4.90 Å². The molecule has 1 aromatic carbocycles. The third-order valence-electron chi connectivity index (χ3n) is 3.75. The fourth-order valence-corrected chi connectivity index (χ4v) is 2.64. The molecule has 2 rings (SSSR count). The van der Waals surface area contributed by atoms with E-state index in [2.05, 4.69) is 56.2 Å². The van der Waals surface area contributed by atoms with Gasteiger partial charge in [-0.25, -0.2) is 0 Å². The van der Waals surface area contributed by atoms with Crippen LogP contribution in [0, 0.1) is 5.92 Å². The molecule has 3 heteroatoms. The molecule has 1 aliphatic heterocycles. The van der Waals surface area contributed by atoms with Crippen LogP contribution in [0.5, 0.6) is 5.75 Å². The number of hydrogen-bond acceptors (Lipinski definition) is 3. The second-order valence-corrected chi connectivity index (χ2v) is 5.96. The predicted octanol–water partition coefficient (Wildman–Crippen LogP) is 3.36. The first-order valence-electron chi connectivity index (χ1n) is 7.26. The highest BCUT2D eigenvalue weighted by Gasteiger charge is 2.17. The van der Waals surface area contributed by atoms with Gasteiger partial charge in [-0.15, -0.1) is 0 Å². The van der Waals surface area contributed by atoms with E-state index in [1.54, 1.807) is 0 Å². The van der Waals surface area contributed by atoms with Crippen molar-refractivity contribution in [3.63, 3.8) is 0 Å². The molecule has 1 aliphatic rings. The quantitative estimate of drug-likeness (QED) is 0.880. The van der Waals surface area contributed by atoms with Gasteiger partial charge in [-0.1, -0.05) is 26.0 Å². The smallest absolute Gasteiger partial charge is 0.146 e. The first kappa shape index (κ1) is 14.2. The van der Waals surface area contributed by atoms with Crippen molar-refractivity contribution in [1.29, 1.82) is 0 Å². The van der Waals surface area contributed by atoms with Crippen molar-refractivity contribution >= 4 is 5.69 Å². The summed E-state index contributed by atoms with van der Waals surface area (Å²) in [6.45, 7) is 9.46. The van der Waals surface area contributed by atoms with E-state index in [0.29, 0.717) is 6.04 Å². The van der Waals surface area contributed by atoms with Gasteiger partial charge in [0.15, 0.2) is 0 Å². The Morgan fingerprint density at radius 3 is 2.84 bits per heavy atom. The first-order valence-corrected chi connectivity index (χ1v) is 7.26. The molecular weight excluding hydrogens is 236 g/mol. The number of nitrogens with zero attached hydrogens (tertiary/aromatic N) is 1. The maximum Gasteiger partial charge on any atom is 0.146 e. The number of nitrogens with one attached hydrogen (secondary N) is 1. The zero-order valence-corrected chi connectivity index (χ0v) is 12.6. The van der Waals surface area contributed by atoms with Crippen molar-refractivity contribution in [3.8, 4) is 5.75 Å². The van der Waals surface area contributed by atoms with Gasteiger partial charge in [0.25, 0.3) is 0 Å². The Hall–Kier alpha value is -1.22. The highest BCUT2D eigenvalue weighted by Crippen LogP contribution is 2.32. The van der Waals surface area contributed by atoms with Crippen LogP contribution in [0.3, 0.4) is 0 Å². The van der Waals surface area contributed by atoms with Crippen LogP contribution in [0.2, 0.25) is 0 Å². The van der Waals surface area contributed by atoms with Crippen LogP contribution >= 0.6 is 0 Å². The van der Waals surface area contributed by atoms with Crippen LogP contribution in [0.25, 0.3) is 0 Å². The molecule has 0 spiro atoms. The first-order chi connectivity index (χ1) is 9.08. The summed E-state index contributed by atoms with van der Waals surface area (Å²) in [4.78, 5) is 2.41. The minimum atomic E-state index is 0.590. The van der Waals surface area contributed by atoms with Crippen LogP contribution in [-0.2, 0) is 6.54 Å². The Balaban J connectivity index is 2.06. The number of ether oxygens (including phenoxy) is 1. The number of anilines is 1. The van der Waals surface area contributed by atoms with Gasteiger partial charge in [0.05, 0.1) is 5.69 Å². The number of benzene rings is 1. The molecule has 0 fully saturated rings. The van der Waals surface area contributed by atoms with Gasteiger partial charge < -0.3 is 10.1 Å². The van der Waals surface area contributed by atoms with E-state index < -0.39 is 0 Å². The lowest BCUT2D eigenvalue weighted by molar-refractivity contribution is 0.216. The molecule has 0 aliphatic carbocycles. The molecule has 0 aromatic heterocycles. The molecule has 0 radical (unpaired) electrons. The maximum atomic E-state index is 5.83. The van der Waals surface area contributed by atoms with Gasteiger partial charge in [-0.05, 0) is 32.4 Å². The van der Waals surface area contributed by atoms with Crippen LogP contribution in [-0.4, -0.2) is 31.1 Å². The summed E-state index contributed by atoms with van der Waals surface area (Å²) < 4.78 is 5.83. The van der Waals surface area contributed by atoms with Crippen molar-refractivity contribution in [1.82, 2.24) is 4.90 Å². The molecule has 19 heavy (non-hydrogen) atoms. The summed E-state index contributed by atoms with van der Waals surface area (Å²) >= 11 is 0. The molecule has 1 heterocycles. The van der Waals surface area contributed by atoms with E-state index in [0.717, 1.165) is 37.1 Å². The molecule has 1 N–H and O–H groups in total. The van der Waals surface area contributed by atoms with E-state index in [1.165, 1.54) is 12.0 Å². The Labute approximate surface area is 116 Å². The minimum Gasteiger partial charge on any atom is -0.489 e. The average Bonchev–Trinajstić information content (AvgIpc) is 2.38. The van der Waals surface area contributed by atoms with E-state index in [4.69, 9.17) is 4.74 Å². The van der Waals surface area contributed by atoms with Crippen molar-refractivity contribution in [2.75, 3.05) is 25.5 Å². The van der Waals surface area contributed by atoms with Crippen molar-refractivity contribution in [3.05, 3.63) is 23.8 Å². The van der Waals surface area contributed by atoms with Gasteiger partial charge in [-0.2, -0.15) is 0 Å². The lowest BCUT2D eigenvalue weighted by Crippen LogP contribution is -2.30. The summed E-state index contributed by atoms with van der Waals surface area (Å²) in [5.41, 5.74) is 2.41. The zero-order valence-electron chi connectivity index (χ0n) is 12.6. The molecular formula is C16H26N2O. The Morgan fingerprint density at radius 2 is 2.11 bits per heavy atom. The fraction of sp³-hybridized carbons (Fsp3) is 0.625. The average molecular weight is 262 g/mol. The second-order valence-electron chi connectivity index (χ2n) is 5.96. The molecule has 1 atom stereocenters. The lowest BCUT2D eigenvalue weighted by atomic mass is 10.0. The predicted molar refractivity (Wildman–Crippen MR) is 80.8 cm³/mol. The molecule has 0 saturated carbocycles. The highest BCUT2D eigenvalue weighted by atomic mass is 16.5. The molecule has 0 bridgehead atoms. The van der Waals surface area contributed by atoms with Crippen molar-refractivity contribution < 1.29 is 4.74 Å². The summed E-state index contributed by atoms with van der Waals surface area (Å²) in [5.74, 6) is 1.78. The standard InChI is InChI=1S/C16H26N2O/c1-12(2)10-13(3)18(4)11-14-6-5-7-15-16(14)19-9-8-17-15/h5-7,12-13,17H,8-11H2,1-4H3. The molecule has 0 saturated heterocycles. The van der Waals surface area contributed by atoms with E-state index in [1.807, 2.05) is 0 Å². The van der Waals surface area contributed by atoms with Gasteiger partial charge in [0.2, 0.25) is 0 Å². The third kappa shape index (κ3) is 3.63. The Morgan fingerprint density at radius 1 is 1.32 bits per heavy atom. The SMILES string of the molecule is CC(C)CC(C)N(C)Cc1cccc2c1OCCN2. The molecule has 1 aromatic rings.